The molecule has 2 fully saturated rings. The molecule has 24 heavy (non-hydrogen) atoms. The van der Waals surface area contributed by atoms with Crippen LogP contribution < -0.4 is 19.3 Å². The molecule has 0 spiro atoms. The smallest absolute Gasteiger partial charge is 0.244 e. The Labute approximate surface area is 143 Å². The third-order valence-electron chi connectivity index (χ3n) is 5.35. The molecule has 0 saturated carbocycles. The normalized spacial score (nSPS) is 25.5. The minimum absolute atomic E-state index is 0.486. The minimum atomic E-state index is 0.486. The molecule has 4 heteroatoms. The Hall–Kier alpha value is -2.04. The Bertz CT molecular complexity index is 673. The van der Waals surface area contributed by atoms with E-state index in [0.717, 1.165) is 11.5 Å². The highest BCUT2D eigenvalue weighted by Gasteiger charge is 2.45. The Balaban J connectivity index is 1.64. The second-order valence-corrected chi connectivity index (χ2v) is 6.76. The highest BCUT2D eigenvalue weighted by atomic mass is 16.5. The van der Waals surface area contributed by atoms with E-state index in [-0.39, 0.29) is 0 Å². The summed E-state index contributed by atoms with van der Waals surface area (Å²) in [6.45, 7) is 5.63. The number of hydrogen-bond acceptors (Lipinski definition) is 2. The molecule has 0 amide bonds. The molecule has 0 aliphatic carbocycles. The van der Waals surface area contributed by atoms with Gasteiger partial charge in [-0.2, -0.15) is 0 Å². The van der Waals surface area contributed by atoms with Gasteiger partial charge in [0, 0.05) is 6.42 Å². The first-order valence-electron chi connectivity index (χ1n) is 8.89. The van der Waals surface area contributed by atoms with Crippen LogP contribution in [0.15, 0.2) is 48.5 Å². The van der Waals surface area contributed by atoms with E-state index in [4.69, 9.17) is 9.47 Å². The van der Waals surface area contributed by atoms with Crippen molar-refractivity contribution in [2.45, 2.75) is 19.2 Å². The summed E-state index contributed by atoms with van der Waals surface area (Å²) in [4.78, 5) is 3.38. The molecule has 0 radical (unpaired) electrons. The fourth-order valence-corrected chi connectivity index (χ4v) is 4.22. The van der Waals surface area contributed by atoms with E-state index in [0.29, 0.717) is 12.8 Å². The summed E-state index contributed by atoms with van der Waals surface area (Å²) in [5, 5.41) is 0. The molecular weight excluding hydrogens is 300 g/mol. The van der Waals surface area contributed by atoms with Gasteiger partial charge in [0.1, 0.15) is 25.3 Å². The molecule has 2 aromatic rings. The van der Waals surface area contributed by atoms with E-state index in [1.54, 1.807) is 16.9 Å². The molecule has 2 unspecified atom stereocenters. The molecule has 2 aliphatic heterocycles. The van der Waals surface area contributed by atoms with Gasteiger partial charge in [0.2, 0.25) is 6.17 Å². The Kier molecular flexibility index (Phi) is 4.41. The van der Waals surface area contributed by atoms with Crippen LogP contribution in [-0.4, -0.2) is 33.3 Å². The van der Waals surface area contributed by atoms with Gasteiger partial charge in [0.25, 0.3) is 0 Å². The van der Waals surface area contributed by atoms with Crippen molar-refractivity contribution < 1.29 is 19.3 Å². The molecule has 2 N–H and O–H groups in total. The molecule has 0 aromatic heterocycles. The maximum Gasteiger partial charge on any atom is 0.244 e. The largest absolute Gasteiger partial charge is 0.493 e. The van der Waals surface area contributed by atoms with Crippen molar-refractivity contribution in [3.8, 4) is 11.5 Å². The molecule has 2 saturated heterocycles. The van der Waals surface area contributed by atoms with Gasteiger partial charge in [0.15, 0.2) is 11.5 Å². The Morgan fingerprint density at radius 2 is 1.67 bits per heavy atom. The number of quaternary nitrogens is 2. The van der Waals surface area contributed by atoms with E-state index in [9.17, 15) is 0 Å². The van der Waals surface area contributed by atoms with E-state index < -0.39 is 0 Å². The summed E-state index contributed by atoms with van der Waals surface area (Å²) in [6.07, 6.45) is 1.81. The quantitative estimate of drug-likeness (QED) is 0.835. The van der Waals surface area contributed by atoms with E-state index in [1.807, 2.05) is 12.1 Å². The van der Waals surface area contributed by atoms with Crippen molar-refractivity contribution in [3.05, 3.63) is 59.7 Å². The number of hydrogen-bond donors (Lipinski definition) is 2. The summed E-state index contributed by atoms with van der Waals surface area (Å²) in [5.74, 6) is 1.77. The SMILES string of the molecule is COc1cccc(C2[NH+]3CCC[NH+]2CC3)c1OCc1ccccc1. The van der Waals surface area contributed by atoms with Crippen LogP contribution in [0.4, 0.5) is 0 Å². The zero-order chi connectivity index (χ0) is 16.4. The van der Waals surface area contributed by atoms with Crippen molar-refractivity contribution in [2.75, 3.05) is 33.3 Å². The van der Waals surface area contributed by atoms with Crippen LogP contribution >= 0.6 is 0 Å². The summed E-state index contributed by atoms with van der Waals surface area (Å²) in [6, 6.07) is 16.7. The average Bonchev–Trinajstić information content (AvgIpc) is 2.88. The van der Waals surface area contributed by atoms with Gasteiger partial charge in [-0.05, 0) is 17.7 Å². The fourth-order valence-electron chi connectivity index (χ4n) is 4.22. The Morgan fingerprint density at radius 1 is 0.917 bits per heavy atom. The minimum Gasteiger partial charge on any atom is -0.493 e. The van der Waals surface area contributed by atoms with Crippen LogP contribution in [0, 0.1) is 0 Å². The first kappa shape index (κ1) is 15.5. The maximum atomic E-state index is 6.27. The Morgan fingerprint density at radius 3 is 2.38 bits per heavy atom. The van der Waals surface area contributed by atoms with Crippen molar-refractivity contribution >= 4 is 0 Å². The molecule has 126 valence electrons. The molecule has 4 rings (SSSR count). The summed E-state index contributed by atoms with van der Waals surface area (Å²) >= 11 is 0. The highest BCUT2D eigenvalue weighted by molar-refractivity contribution is 5.47. The van der Waals surface area contributed by atoms with Gasteiger partial charge in [-0.15, -0.1) is 0 Å². The first-order valence-corrected chi connectivity index (χ1v) is 8.89. The van der Waals surface area contributed by atoms with Crippen molar-refractivity contribution in [1.29, 1.82) is 0 Å². The highest BCUT2D eigenvalue weighted by Crippen LogP contribution is 2.34. The van der Waals surface area contributed by atoms with Gasteiger partial charge in [-0.1, -0.05) is 36.4 Å². The lowest BCUT2D eigenvalue weighted by molar-refractivity contribution is -1.09. The molecule has 2 aromatic carbocycles. The predicted octanol–water partition coefficient (Wildman–Crippen LogP) is 0.460. The van der Waals surface area contributed by atoms with Gasteiger partial charge in [-0.3, -0.25) is 9.80 Å². The van der Waals surface area contributed by atoms with Gasteiger partial charge < -0.3 is 9.47 Å². The van der Waals surface area contributed by atoms with Gasteiger partial charge >= 0.3 is 0 Å². The topological polar surface area (TPSA) is 27.3 Å². The predicted molar refractivity (Wildman–Crippen MR) is 92.5 cm³/mol. The van der Waals surface area contributed by atoms with Crippen molar-refractivity contribution in [2.24, 2.45) is 0 Å². The van der Waals surface area contributed by atoms with E-state index >= 15 is 0 Å². The lowest BCUT2D eigenvalue weighted by atomic mass is 10.1. The fraction of sp³-hybridized carbons (Fsp3) is 0.400. The van der Waals surface area contributed by atoms with Crippen LogP contribution in [0.3, 0.4) is 0 Å². The molecular formula is C20H26N2O2+2. The summed E-state index contributed by atoms with van der Waals surface area (Å²) < 4.78 is 11.9. The third-order valence-corrected chi connectivity index (χ3v) is 5.35. The number of nitrogens with one attached hydrogen (secondary N) is 2. The molecule has 2 bridgehead atoms. The van der Waals surface area contributed by atoms with Crippen LogP contribution in [0.2, 0.25) is 0 Å². The zero-order valence-electron chi connectivity index (χ0n) is 14.3. The second-order valence-electron chi connectivity index (χ2n) is 6.76. The number of benzene rings is 2. The maximum absolute atomic E-state index is 6.27. The number of methoxy groups -OCH3 is 1. The number of para-hydroxylation sites is 1. The number of rotatable bonds is 5. The van der Waals surface area contributed by atoms with Crippen molar-refractivity contribution in [3.63, 3.8) is 0 Å². The van der Waals surface area contributed by atoms with Crippen LogP contribution in [0.1, 0.15) is 23.7 Å². The van der Waals surface area contributed by atoms with E-state index in [1.165, 1.54) is 43.7 Å². The lowest BCUT2D eigenvalue weighted by Gasteiger charge is -2.30. The van der Waals surface area contributed by atoms with Crippen LogP contribution in [-0.2, 0) is 6.61 Å². The average molecular weight is 326 g/mol. The summed E-state index contributed by atoms with van der Waals surface area (Å²) in [7, 11) is 1.73. The monoisotopic (exact) mass is 326 g/mol. The molecule has 4 nitrogen and oxygen atoms in total. The third kappa shape index (κ3) is 2.87. The van der Waals surface area contributed by atoms with E-state index in [2.05, 4.69) is 36.4 Å². The lowest BCUT2D eigenvalue weighted by Crippen LogP contribution is -3.26. The van der Waals surface area contributed by atoms with Crippen LogP contribution in [0.25, 0.3) is 0 Å². The number of ether oxygens (including phenoxy) is 2. The molecule has 2 heterocycles. The first-order chi connectivity index (χ1) is 11.9. The van der Waals surface area contributed by atoms with Crippen molar-refractivity contribution in [1.82, 2.24) is 0 Å². The second kappa shape index (κ2) is 6.83. The van der Waals surface area contributed by atoms with Gasteiger partial charge in [0.05, 0.1) is 20.2 Å². The molecule has 2 aliphatic rings. The molecule has 2 atom stereocenters. The van der Waals surface area contributed by atoms with Crippen LogP contribution in [0.5, 0.6) is 11.5 Å². The van der Waals surface area contributed by atoms with Gasteiger partial charge in [-0.25, -0.2) is 0 Å². The standard InChI is InChI=1S/C20H24N2O2/c1-23-18-10-5-9-17(20-21-11-6-12-22(20)14-13-21)19(18)24-15-16-7-3-2-4-8-16/h2-5,7-10,20H,6,11-15H2,1H3/p+2. The summed E-state index contributed by atoms with van der Waals surface area (Å²) in [5.41, 5.74) is 2.48. The number of fused-ring (bicyclic) bond motifs is 2. The zero-order valence-corrected chi connectivity index (χ0v) is 14.3.